The molecule has 0 rings (SSSR count). The third-order valence-electron chi connectivity index (χ3n) is 0. The predicted molar refractivity (Wildman–Crippen MR) is 30.9 cm³/mol. The van der Waals surface area contributed by atoms with Gasteiger partial charge in [-0.3, -0.25) is 0 Å². The molecule has 0 aromatic rings. The van der Waals surface area contributed by atoms with Gasteiger partial charge in [0.15, 0.2) is 0 Å². The molecule has 38 valence electrons. The van der Waals surface area contributed by atoms with Gasteiger partial charge < -0.3 is 15.1 Å². The zero-order chi connectivity index (χ0) is 3.58. The number of hydrogen-bond donors (Lipinski definition) is 3. The second kappa shape index (κ2) is 9.84. The second-order valence-electron chi connectivity index (χ2n) is 0.346. The first-order valence-electron chi connectivity index (χ1n) is 0.775. The van der Waals surface area contributed by atoms with Crippen molar-refractivity contribution < 1.29 is 15.1 Å². The fourth-order valence-electron chi connectivity index (χ4n) is 0. The van der Waals surface area contributed by atoms with E-state index in [9.17, 15) is 0 Å². The van der Waals surface area contributed by atoms with E-state index >= 15 is 0 Å². The van der Waals surface area contributed by atoms with Crippen LogP contribution in [0.3, 0.4) is 0 Å². The molecule has 0 saturated heterocycles. The molecule has 0 aromatic carbocycles. The third kappa shape index (κ3) is 43.9. The molecule has 0 amide bonds. The summed E-state index contributed by atoms with van der Waals surface area (Å²) in [7, 11) is -2.17. The van der Waals surface area contributed by atoms with Gasteiger partial charge in [-0.2, -0.15) is 0 Å². The van der Waals surface area contributed by atoms with E-state index in [0.717, 1.165) is 0 Å². The Balaban J connectivity index is -0.0000000450. The molecule has 0 unspecified atom stereocenters. The predicted octanol–water partition coefficient (Wildman–Crippen LogP) is -4.15. The third-order valence-corrected chi connectivity index (χ3v) is 0. The van der Waals surface area contributed by atoms with Gasteiger partial charge in [-0.15, -0.1) is 0 Å². The summed E-state index contributed by atoms with van der Waals surface area (Å²) < 4.78 is 0. The molecule has 3 nitrogen and oxygen atoms in total. The summed E-state index contributed by atoms with van der Waals surface area (Å²) in [5.41, 5.74) is 0. The summed E-state index contributed by atoms with van der Waals surface area (Å²) in [5.74, 6) is 0. The van der Waals surface area contributed by atoms with Crippen molar-refractivity contribution in [1.82, 2.24) is 0 Å². The van der Waals surface area contributed by atoms with Gasteiger partial charge >= 0.3 is 59.0 Å². The summed E-state index contributed by atoms with van der Waals surface area (Å²) in [4.78, 5) is 0. The zero-order valence-electron chi connectivity index (χ0n) is 3.33. The minimum absolute atomic E-state index is 0. The molecule has 0 spiro atoms. The molecule has 0 atom stereocenters. The van der Waals surface area contributed by atoms with Crippen molar-refractivity contribution in [2.45, 2.75) is 0 Å². The molecule has 0 heterocycles. The molecule has 0 bridgehead atoms. The Morgan fingerprint density at radius 1 is 1.00 bits per heavy atom. The van der Waals surface area contributed by atoms with Crippen LogP contribution in [-0.2, 0) is 0 Å². The summed E-state index contributed by atoms with van der Waals surface area (Å²) in [6.45, 7) is 0. The molecule has 0 fully saturated rings. The fourth-order valence-corrected chi connectivity index (χ4v) is 0. The van der Waals surface area contributed by atoms with E-state index in [1.807, 2.05) is 0 Å². The Bertz CT molecular complexity index is 15.5. The zero-order valence-corrected chi connectivity index (χ0v) is 12.9. The Morgan fingerprint density at radius 2 is 1.00 bits per heavy atom. The number of hydrogen-bond acceptors (Lipinski definition) is 3. The fraction of sp³-hybridized carbons (Fsp3) is 0. The first-order valence-corrected chi connectivity index (χ1v) is 0.775. The van der Waals surface area contributed by atoms with Crippen molar-refractivity contribution in [2.75, 3.05) is 0 Å². The molecule has 0 aliphatic carbocycles. The Labute approximate surface area is 73.5 Å². The molecule has 0 saturated carbocycles. The van der Waals surface area contributed by atoms with E-state index in [1.54, 1.807) is 0 Å². The quantitative estimate of drug-likeness (QED) is 0.365. The van der Waals surface area contributed by atoms with Crippen LogP contribution < -0.4 is 0 Å². The normalized spacial score (nSPS) is 4.50. The van der Waals surface area contributed by atoms with Gasteiger partial charge in [0.05, 0.1) is 0 Å². The summed E-state index contributed by atoms with van der Waals surface area (Å²) in [5, 5.41) is 21.5. The monoisotopic (exact) mass is 396 g/mol. The Morgan fingerprint density at radius 3 is 1.00 bits per heavy atom. The van der Waals surface area contributed by atoms with Crippen molar-refractivity contribution in [2.24, 2.45) is 0 Å². The SMILES string of the molecule is OB(O)O.[PbH2].[SbH3]. The van der Waals surface area contributed by atoms with Crippen LogP contribution >= 0.6 is 0 Å². The Hall–Kier alpha value is 1.69. The van der Waals surface area contributed by atoms with Crippen molar-refractivity contribution in [3.63, 3.8) is 0 Å². The van der Waals surface area contributed by atoms with E-state index in [0.29, 0.717) is 0 Å². The molecule has 0 aromatic heterocycles. The van der Waals surface area contributed by atoms with Crippen molar-refractivity contribution >= 4 is 59.0 Å². The van der Waals surface area contributed by atoms with Crippen molar-refractivity contribution in [1.29, 1.82) is 0 Å². The molecule has 3 N–H and O–H groups in total. The van der Waals surface area contributed by atoms with Crippen LogP contribution in [0.25, 0.3) is 0 Å². The van der Waals surface area contributed by atoms with E-state index in [-0.39, 0.29) is 51.7 Å². The topological polar surface area (TPSA) is 60.7 Å². The van der Waals surface area contributed by atoms with Gasteiger partial charge in [-0.05, 0) is 0 Å². The van der Waals surface area contributed by atoms with Gasteiger partial charge in [-0.25, -0.2) is 0 Å². The summed E-state index contributed by atoms with van der Waals surface area (Å²) in [6, 6.07) is 0. The standard InChI is InChI=1S/BH3O3.Pb.Sb.5H/c2-1(3)4;;;;;;;/h2-4H;;;;;;;. The van der Waals surface area contributed by atoms with Gasteiger partial charge in [0.1, 0.15) is 0 Å². The van der Waals surface area contributed by atoms with Crippen LogP contribution in [0.15, 0.2) is 0 Å². The van der Waals surface area contributed by atoms with Gasteiger partial charge in [0.2, 0.25) is 0 Å². The average Bonchev–Trinajstić information content (AvgIpc) is 0.811. The van der Waals surface area contributed by atoms with E-state index in [2.05, 4.69) is 0 Å². The summed E-state index contributed by atoms with van der Waals surface area (Å²) >= 11 is 0. The van der Waals surface area contributed by atoms with Crippen molar-refractivity contribution in [3.05, 3.63) is 0 Å². The first-order chi connectivity index (χ1) is 1.73. The minimum atomic E-state index is -2.17. The van der Waals surface area contributed by atoms with E-state index in [4.69, 9.17) is 15.1 Å². The van der Waals surface area contributed by atoms with Gasteiger partial charge in [0.25, 0.3) is 0 Å². The molecular weight excluding hydrogens is 388 g/mol. The van der Waals surface area contributed by atoms with Crippen LogP contribution in [0, 0.1) is 0 Å². The molecule has 6 heavy (non-hydrogen) atoms. The van der Waals surface area contributed by atoms with Crippen LogP contribution in [-0.4, -0.2) is 74.1 Å². The number of rotatable bonds is 0. The summed E-state index contributed by atoms with van der Waals surface area (Å²) in [6.07, 6.45) is 0. The second-order valence-corrected chi connectivity index (χ2v) is 0.346. The van der Waals surface area contributed by atoms with E-state index in [1.165, 1.54) is 0 Å². The maximum atomic E-state index is 7.17. The Kier molecular flexibility index (Phi) is 25.7. The molecule has 0 aliphatic heterocycles. The van der Waals surface area contributed by atoms with E-state index < -0.39 is 7.32 Å². The van der Waals surface area contributed by atoms with Crippen LogP contribution in [0.2, 0.25) is 0 Å². The van der Waals surface area contributed by atoms with Crippen molar-refractivity contribution in [3.8, 4) is 0 Å². The molecule has 2 radical (unpaired) electrons. The van der Waals surface area contributed by atoms with Crippen LogP contribution in [0.4, 0.5) is 0 Å². The van der Waals surface area contributed by atoms with Crippen LogP contribution in [0.5, 0.6) is 0 Å². The van der Waals surface area contributed by atoms with Gasteiger partial charge in [-0.1, -0.05) is 0 Å². The van der Waals surface area contributed by atoms with Gasteiger partial charge in [0, 0.05) is 0 Å². The van der Waals surface area contributed by atoms with Crippen LogP contribution in [0.1, 0.15) is 0 Å². The average molecular weight is 396 g/mol. The first kappa shape index (κ1) is 15.6. The maximum absolute atomic E-state index is 7.17. The molecule has 0 aliphatic rings. The molecular formula is H8BO3PbSb. The molecule has 6 heteroatoms.